The number of hydrogen-bond donors (Lipinski definition) is 0. The van der Waals surface area contributed by atoms with Gasteiger partial charge < -0.3 is 4.74 Å². The summed E-state index contributed by atoms with van der Waals surface area (Å²) in [7, 11) is 0. The molecule has 0 aliphatic carbocycles. The van der Waals surface area contributed by atoms with Gasteiger partial charge in [-0.15, -0.1) is 0 Å². The summed E-state index contributed by atoms with van der Waals surface area (Å²) >= 11 is 0. The van der Waals surface area contributed by atoms with Gasteiger partial charge in [-0.3, -0.25) is 9.79 Å². The molecular weight excluding hydrogens is 406 g/mol. The second-order valence-electron chi connectivity index (χ2n) is 8.94. The zero-order chi connectivity index (χ0) is 23.4. The fourth-order valence-electron chi connectivity index (χ4n) is 4.02. The summed E-state index contributed by atoms with van der Waals surface area (Å²) < 4.78 is 5.41. The number of rotatable bonds is 18. The summed E-state index contributed by atoms with van der Waals surface area (Å²) in [5.41, 5.74) is 2.20. The van der Waals surface area contributed by atoms with Gasteiger partial charge in [0, 0.05) is 12.1 Å². The summed E-state index contributed by atoms with van der Waals surface area (Å²) in [5, 5.41) is 0. The molecule has 2 aromatic rings. The SMILES string of the molecule is CCCCCCCCCCCCCC(CCCC(=O)Oc1ccccc1)=Nc1ccccc1. The van der Waals surface area contributed by atoms with E-state index in [2.05, 4.69) is 6.92 Å². The molecule has 0 amide bonds. The molecule has 0 radical (unpaired) electrons. The maximum absolute atomic E-state index is 12.1. The van der Waals surface area contributed by atoms with Crippen LogP contribution in [0.3, 0.4) is 0 Å². The minimum atomic E-state index is -0.171. The Hall–Kier alpha value is -2.42. The minimum Gasteiger partial charge on any atom is -0.427 e. The van der Waals surface area contributed by atoms with Gasteiger partial charge in [0.1, 0.15) is 5.75 Å². The standard InChI is InChI=1S/C30H43NO2/c1-2-3-4-5-6-7-8-9-10-11-14-20-28(31-27-21-15-12-16-22-27)23-19-26-30(32)33-29-24-17-13-18-25-29/h12-13,15-18,21-22,24-25H,2-11,14,19-20,23,26H2,1H3. The average molecular weight is 450 g/mol. The van der Waals surface area contributed by atoms with Crippen LogP contribution in [0.25, 0.3) is 0 Å². The number of ether oxygens (including phenoxy) is 1. The fourth-order valence-corrected chi connectivity index (χ4v) is 4.02. The molecule has 2 aromatic carbocycles. The van der Waals surface area contributed by atoms with Gasteiger partial charge in [-0.1, -0.05) is 108 Å². The molecule has 0 spiro atoms. The topological polar surface area (TPSA) is 38.7 Å². The Labute approximate surface area is 201 Å². The van der Waals surface area contributed by atoms with Crippen molar-refractivity contribution < 1.29 is 9.53 Å². The number of hydrogen-bond acceptors (Lipinski definition) is 3. The predicted molar refractivity (Wildman–Crippen MR) is 141 cm³/mol. The normalized spacial score (nSPS) is 11.5. The first kappa shape index (κ1) is 26.8. The number of carbonyl (C=O) groups is 1. The molecule has 0 heterocycles. The van der Waals surface area contributed by atoms with E-state index >= 15 is 0 Å². The molecule has 3 nitrogen and oxygen atoms in total. The van der Waals surface area contributed by atoms with Crippen LogP contribution in [0.4, 0.5) is 5.69 Å². The number of para-hydroxylation sites is 2. The summed E-state index contributed by atoms with van der Waals surface area (Å²) in [6, 6.07) is 19.4. The number of nitrogens with zero attached hydrogens (tertiary/aromatic N) is 1. The maximum atomic E-state index is 12.1. The summed E-state index contributed by atoms with van der Waals surface area (Å²) in [5.74, 6) is 0.441. The molecule has 180 valence electrons. The smallest absolute Gasteiger partial charge is 0.311 e. The largest absolute Gasteiger partial charge is 0.427 e. The molecule has 0 N–H and O–H groups in total. The van der Waals surface area contributed by atoms with Crippen LogP contribution in [0.15, 0.2) is 65.7 Å². The first-order chi connectivity index (χ1) is 16.3. The zero-order valence-electron chi connectivity index (χ0n) is 20.6. The summed E-state index contributed by atoms with van der Waals surface area (Å²) in [6.07, 6.45) is 17.9. The number of unbranched alkanes of at least 4 members (excludes halogenated alkanes) is 10. The van der Waals surface area contributed by atoms with E-state index in [1.807, 2.05) is 60.7 Å². The minimum absolute atomic E-state index is 0.171. The van der Waals surface area contributed by atoms with Crippen LogP contribution in [0.2, 0.25) is 0 Å². The highest BCUT2D eigenvalue weighted by molar-refractivity contribution is 5.87. The lowest BCUT2D eigenvalue weighted by Crippen LogP contribution is -2.09. The van der Waals surface area contributed by atoms with E-state index < -0.39 is 0 Å². The second-order valence-corrected chi connectivity index (χ2v) is 8.94. The van der Waals surface area contributed by atoms with E-state index in [1.54, 1.807) is 0 Å². The van der Waals surface area contributed by atoms with Crippen molar-refractivity contribution in [1.82, 2.24) is 0 Å². The lowest BCUT2D eigenvalue weighted by Gasteiger charge is -2.08. The number of aliphatic imine (C=N–C) groups is 1. The Morgan fingerprint density at radius 2 is 1.15 bits per heavy atom. The summed E-state index contributed by atoms with van der Waals surface area (Å²) in [4.78, 5) is 17.0. The predicted octanol–water partition coefficient (Wildman–Crippen LogP) is 9.24. The quantitative estimate of drug-likeness (QED) is 0.0984. The highest BCUT2D eigenvalue weighted by Crippen LogP contribution is 2.18. The zero-order valence-corrected chi connectivity index (χ0v) is 20.6. The van der Waals surface area contributed by atoms with Crippen molar-refractivity contribution in [2.75, 3.05) is 0 Å². The molecule has 2 rings (SSSR count). The van der Waals surface area contributed by atoms with Gasteiger partial charge in [-0.2, -0.15) is 0 Å². The fraction of sp³-hybridized carbons (Fsp3) is 0.533. The Morgan fingerprint density at radius 1 is 0.636 bits per heavy atom. The Morgan fingerprint density at radius 3 is 1.76 bits per heavy atom. The van der Waals surface area contributed by atoms with Gasteiger partial charge >= 0.3 is 5.97 Å². The van der Waals surface area contributed by atoms with Crippen LogP contribution in [-0.2, 0) is 4.79 Å². The summed E-state index contributed by atoms with van der Waals surface area (Å²) in [6.45, 7) is 2.27. The van der Waals surface area contributed by atoms with Crippen molar-refractivity contribution in [3.8, 4) is 5.75 Å². The molecule has 0 unspecified atom stereocenters. The van der Waals surface area contributed by atoms with Crippen LogP contribution in [0, 0.1) is 0 Å². The molecule has 0 atom stereocenters. The van der Waals surface area contributed by atoms with E-state index in [0.717, 1.165) is 24.9 Å². The third-order valence-electron chi connectivity index (χ3n) is 5.93. The van der Waals surface area contributed by atoms with Crippen molar-refractivity contribution in [3.63, 3.8) is 0 Å². The van der Waals surface area contributed by atoms with Gasteiger partial charge in [0.25, 0.3) is 0 Å². The Bertz CT molecular complexity index is 770. The molecule has 0 saturated heterocycles. The first-order valence-electron chi connectivity index (χ1n) is 13.1. The highest BCUT2D eigenvalue weighted by atomic mass is 16.5. The van der Waals surface area contributed by atoms with Crippen molar-refractivity contribution >= 4 is 17.4 Å². The van der Waals surface area contributed by atoms with Crippen molar-refractivity contribution in [1.29, 1.82) is 0 Å². The first-order valence-corrected chi connectivity index (χ1v) is 13.1. The van der Waals surface area contributed by atoms with E-state index in [4.69, 9.17) is 9.73 Å². The lowest BCUT2D eigenvalue weighted by atomic mass is 10.0. The molecular formula is C30H43NO2. The molecule has 0 bridgehead atoms. The van der Waals surface area contributed by atoms with Crippen LogP contribution < -0.4 is 4.74 Å². The maximum Gasteiger partial charge on any atom is 0.311 e. The molecule has 0 aliphatic heterocycles. The van der Waals surface area contributed by atoms with Gasteiger partial charge in [0.15, 0.2) is 0 Å². The number of benzene rings is 2. The molecule has 3 heteroatoms. The van der Waals surface area contributed by atoms with Gasteiger partial charge in [0.2, 0.25) is 0 Å². The van der Waals surface area contributed by atoms with Gasteiger partial charge in [-0.25, -0.2) is 0 Å². The average Bonchev–Trinajstić information content (AvgIpc) is 2.83. The van der Waals surface area contributed by atoms with E-state index in [-0.39, 0.29) is 5.97 Å². The molecule has 0 fully saturated rings. The van der Waals surface area contributed by atoms with Crippen molar-refractivity contribution in [2.24, 2.45) is 4.99 Å². The Balaban J connectivity index is 1.66. The van der Waals surface area contributed by atoms with E-state index in [9.17, 15) is 4.79 Å². The van der Waals surface area contributed by atoms with Gasteiger partial charge in [-0.05, 0) is 49.9 Å². The molecule has 0 aliphatic rings. The van der Waals surface area contributed by atoms with Crippen LogP contribution in [0.5, 0.6) is 5.75 Å². The van der Waals surface area contributed by atoms with Crippen molar-refractivity contribution in [2.45, 2.75) is 103 Å². The molecule has 33 heavy (non-hydrogen) atoms. The number of esters is 1. The van der Waals surface area contributed by atoms with Crippen LogP contribution in [0.1, 0.15) is 103 Å². The van der Waals surface area contributed by atoms with E-state index in [1.165, 1.54) is 76.3 Å². The monoisotopic (exact) mass is 449 g/mol. The van der Waals surface area contributed by atoms with E-state index in [0.29, 0.717) is 12.2 Å². The number of carbonyl (C=O) groups excluding carboxylic acids is 1. The molecule has 0 saturated carbocycles. The third kappa shape index (κ3) is 13.7. The second kappa shape index (κ2) is 18.1. The molecule has 0 aromatic heterocycles. The van der Waals surface area contributed by atoms with Gasteiger partial charge in [0.05, 0.1) is 5.69 Å². The Kier molecular flexibility index (Phi) is 14.7. The highest BCUT2D eigenvalue weighted by Gasteiger charge is 2.07. The third-order valence-corrected chi connectivity index (χ3v) is 5.93. The van der Waals surface area contributed by atoms with Crippen LogP contribution in [-0.4, -0.2) is 11.7 Å². The van der Waals surface area contributed by atoms with Crippen LogP contribution >= 0.6 is 0 Å². The lowest BCUT2D eigenvalue weighted by molar-refractivity contribution is -0.134. The van der Waals surface area contributed by atoms with Crippen molar-refractivity contribution in [3.05, 3.63) is 60.7 Å².